The van der Waals surface area contributed by atoms with Crippen LogP contribution in [0, 0.1) is 17.6 Å². The number of nitrogens with two attached hydrogens (primary N) is 1. The van der Waals surface area contributed by atoms with E-state index in [1.54, 1.807) is 4.90 Å². The fraction of sp³-hybridized carbons (Fsp3) is 0.533. The molecule has 0 aromatic heterocycles. The summed E-state index contributed by atoms with van der Waals surface area (Å²) in [5, 5.41) is 0. The van der Waals surface area contributed by atoms with Crippen LogP contribution in [-0.2, 0) is 11.3 Å². The summed E-state index contributed by atoms with van der Waals surface area (Å²) < 4.78 is 26.1. The van der Waals surface area contributed by atoms with E-state index >= 15 is 0 Å². The van der Waals surface area contributed by atoms with Crippen LogP contribution in [0.2, 0.25) is 0 Å². The molecule has 1 amide bonds. The zero-order valence-electron chi connectivity index (χ0n) is 12.0. The van der Waals surface area contributed by atoms with Crippen molar-refractivity contribution >= 4 is 5.91 Å². The van der Waals surface area contributed by atoms with Crippen molar-refractivity contribution in [3.8, 4) is 0 Å². The van der Waals surface area contributed by atoms with E-state index in [2.05, 4.69) is 0 Å². The van der Waals surface area contributed by atoms with Crippen LogP contribution >= 0.6 is 0 Å². The standard InChI is InChI=1S/C15H22F2N2O/c1-3-5-12(9-18)15(20)19(4-2)10-11-6-7-13(16)14(17)8-11/h6-8,12H,3-5,9-10,18H2,1-2H3. The maximum atomic E-state index is 13.2. The van der Waals surface area contributed by atoms with Gasteiger partial charge in [0.2, 0.25) is 5.91 Å². The molecule has 20 heavy (non-hydrogen) atoms. The predicted octanol–water partition coefficient (Wildman–Crippen LogP) is 2.69. The van der Waals surface area contributed by atoms with Crippen molar-refractivity contribution in [2.45, 2.75) is 33.2 Å². The van der Waals surface area contributed by atoms with Gasteiger partial charge in [0.1, 0.15) is 0 Å². The maximum Gasteiger partial charge on any atom is 0.227 e. The second-order valence-electron chi connectivity index (χ2n) is 4.82. The molecule has 0 fully saturated rings. The van der Waals surface area contributed by atoms with Crippen LogP contribution < -0.4 is 5.73 Å². The highest BCUT2D eigenvalue weighted by Crippen LogP contribution is 2.14. The average molecular weight is 284 g/mol. The fourth-order valence-corrected chi connectivity index (χ4v) is 2.15. The van der Waals surface area contributed by atoms with E-state index in [-0.39, 0.29) is 18.4 Å². The van der Waals surface area contributed by atoms with E-state index in [9.17, 15) is 13.6 Å². The van der Waals surface area contributed by atoms with Gasteiger partial charge in [0, 0.05) is 19.6 Å². The summed E-state index contributed by atoms with van der Waals surface area (Å²) in [6, 6.07) is 3.70. The minimum Gasteiger partial charge on any atom is -0.338 e. The molecule has 1 aromatic rings. The molecule has 0 heterocycles. The number of hydrogen-bond donors (Lipinski definition) is 1. The van der Waals surface area contributed by atoms with Crippen molar-refractivity contribution in [3.05, 3.63) is 35.4 Å². The van der Waals surface area contributed by atoms with E-state index in [0.29, 0.717) is 18.7 Å². The van der Waals surface area contributed by atoms with Gasteiger partial charge in [-0.15, -0.1) is 0 Å². The summed E-state index contributed by atoms with van der Waals surface area (Å²) >= 11 is 0. The smallest absolute Gasteiger partial charge is 0.227 e. The van der Waals surface area contributed by atoms with Crippen LogP contribution in [0.1, 0.15) is 32.3 Å². The van der Waals surface area contributed by atoms with Crippen molar-refractivity contribution < 1.29 is 13.6 Å². The first-order chi connectivity index (χ1) is 9.53. The van der Waals surface area contributed by atoms with E-state index in [0.717, 1.165) is 25.0 Å². The molecule has 112 valence electrons. The predicted molar refractivity (Wildman–Crippen MR) is 74.9 cm³/mol. The lowest BCUT2D eigenvalue weighted by molar-refractivity contribution is -0.135. The molecule has 0 aliphatic carbocycles. The maximum absolute atomic E-state index is 13.2. The number of carbonyl (C=O) groups excluding carboxylic acids is 1. The van der Waals surface area contributed by atoms with Gasteiger partial charge in [0.05, 0.1) is 5.92 Å². The van der Waals surface area contributed by atoms with Gasteiger partial charge < -0.3 is 10.6 Å². The number of hydrogen-bond acceptors (Lipinski definition) is 2. The lowest BCUT2D eigenvalue weighted by atomic mass is 10.0. The Bertz CT molecular complexity index is 451. The Hall–Kier alpha value is -1.49. The van der Waals surface area contributed by atoms with Gasteiger partial charge in [-0.3, -0.25) is 4.79 Å². The zero-order valence-corrected chi connectivity index (χ0v) is 12.0. The number of carbonyl (C=O) groups is 1. The first kappa shape index (κ1) is 16.6. The summed E-state index contributed by atoms with van der Waals surface area (Å²) in [6.45, 7) is 4.95. The van der Waals surface area contributed by atoms with E-state index in [1.165, 1.54) is 6.07 Å². The molecule has 0 aliphatic heterocycles. The van der Waals surface area contributed by atoms with Crippen molar-refractivity contribution in [3.63, 3.8) is 0 Å². The molecule has 1 aromatic carbocycles. The minimum atomic E-state index is -0.894. The molecule has 1 rings (SSSR count). The lowest BCUT2D eigenvalue weighted by Gasteiger charge is -2.25. The van der Waals surface area contributed by atoms with Crippen LogP contribution in [0.3, 0.4) is 0 Å². The van der Waals surface area contributed by atoms with Crippen LogP contribution in [0.5, 0.6) is 0 Å². The Labute approximate surface area is 118 Å². The summed E-state index contributed by atoms with van der Waals surface area (Å²) in [5.74, 6) is -2.00. The molecule has 0 radical (unpaired) electrons. The molecule has 0 saturated heterocycles. The van der Waals surface area contributed by atoms with Gasteiger partial charge in [0.25, 0.3) is 0 Å². The number of nitrogens with zero attached hydrogens (tertiary/aromatic N) is 1. The fourth-order valence-electron chi connectivity index (χ4n) is 2.15. The topological polar surface area (TPSA) is 46.3 Å². The van der Waals surface area contributed by atoms with Gasteiger partial charge in [0.15, 0.2) is 11.6 Å². The van der Waals surface area contributed by atoms with Crippen molar-refractivity contribution in [1.82, 2.24) is 4.90 Å². The molecule has 3 nitrogen and oxygen atoms in total. The minimum absolute atomic E-state index is 0.0263. The van der Waals surface area contributed by atoms with Gasteiger partial charge in [-0.05, 0) is 31.0 Å². The Balaban J connectivity index is 2.79. The van der Waals surface area contributed by atoms with Crippen LogP contribution in [0.25, 0.3) is 0 Å². The molecule has 0 aliphatic rings. The van der Waals surface area contributed by atoms with E-state index in [4.69, 9.17) is 5.73 Å². The summed E-state index contributed by atoms with van der Waals surface area (Å²) in [6.07, 6.45) is 1.62. The molecule has 0 spiro atoms. The average Bonchev–Trinajstić information content (AvgIpc) is 2.45. The largest absolute Gasteiger partial charge is 0.338 e. The molecule has 2 N–H and O–H groups in total. The van der Waals surface area contributed by atoms with Crippen LogP contribution in [0.4, 0.5) is 8.78 Å². The Kier molecular flexibility index (Phi) is 6.58. The molecule has 1 unspecified atom stereocenters. The number of rotatable bonds is 7. The Morgan fingerprint density at radius 1 is 1.30 bits per heavy atom. The molecular formula is C15H22F2N2O. The van der Waals surface area contributed by atoms with E-state index < -0.39 is 11.6 Å². The third-order valence-corrected chi connectivity index (χ3v) is 3.32. The summed E-state index contributed by atoms with van der Waals surface area (Å²) in [4.78, 5) is 14.0. The Morgan fingerprint density at radius 3 is 2.50 bits per heavy atom. The van der Waals surface area contributed by atoms with Gasteiger partial charge >= 0.3 is 0 Å². The van der Waals surface area contributed by atoms with Crippen LogP contribution in [0.15, 0.2) is 18.2 Å². The normalized spacial score (nSPS) is 12.2. The number of benzene rings is 1. The van der Waals surface area contributed by atoms with E-state index in [1.807, 2.05) is 13.8 Å². The molecule has 0 bridgehead atoms. The quantitative estimate of drug-likeness (QED) is 0.836. The van der Waals surface area contributed by atoms with Crippen molar-refractivity contribution in [1.29, 1.82) is 0 Å². The van der Waals surface area contributed by atoms with Crippen molar-refractivity contribution in [2.75, 3.05) is 13.1 Å². The van der Waals surface area contributed by atoms with Gasteiger partial charge in [-0.1, -0.05) is 19.4 Å². The SMILES string of the molecule is CCCC(CN)C(=O)N(CC)Cc1ccc(F)c(F)c1. The third-order valence-electron chi connectivity index (χ3n) is 3.32. The van der Waals surface area contributed by atoms with Gasteiger partial charge in [-0.25, -0.2) is 8.78 Å². The molecule has 1 atom stereocenters. The summed E-state index contributed by atoms with van der Waals surface area (Å²) in [5.41, 5.74) is 6.21. The highest BCUT2D eigenvalue weighted by Gasteiger charge is 2.21. The summed E-state index contributed by atoms with van der Waals surface area (Å²) in [7, 11) is 0. The second-order valence-corrected chi connectivity index (χ2v) is 4.82. The van der Waals surface area contributed by atoms with Crippen molar-refractivity contribution in [2.24, 2.45) is 11.7 Å². The third kappa shape index (κ3) is 4.27. The highest BCUT2D eigenvalue weighted by molar-refractivity contribution is 5.79. The zero-order chi connectivity index (χ0) is 15.1. The highest BCUT2D eigenvalue weighted by atomic mass is 19.2. The number of amides is 1. The Morgan fingerprint density at radius 2 is 2.00 bits per heavy atom. The second kappa shape index (κ2) is 7.94. The first-order valence-corrected chi connectivity index (χ1v) is 6.96. The lowest BCUT2D eigenvalue weighted by Crippen LogP contribution is -2.38. The molecule has 0 saturated carbocycles. The molecule has 5 heteroatoms. The monoisotopic (exact) mass is 284 g/mol. The number of halogens is 2. The molecular weight excluding hydrogens is 262 g/mol. The first-order valence-electron chi connectivity index (χ1n) is 6.96. The van der Waals surface area contributed by atoms with Crippen LogP contribution in [-0.4, -0.2) is 23.9 Å². The van der Waals surface area contributed by atoms with Gasteiger partial charge in [-0.2, -0.15) is 0 Å².